The summed E-state index contributed by atoms with van der Waals surface area (Å²) >= 11 is 5.14. The van der Waals surface area contributed by atoms with Crippen LogP contribution in [-0.4, -0.2) is 9.97 Å². The maximum atomic E-state index is 11.8. The lowest BCUT2D eigenvalue weighted by atomic mass is 10.3. The molecule has 0 N–H and O–H groups in total. The first-order chi connectivity index (χ1) is 5.00. The molecule has 6 heteroatoms. The van der Waals surface area contributed by atoms with Crippen molar-refractivity contribution in [3.8, 4) is 0 Å². The summed E-state index contributed by atoms with van der Waals surface area (Å²) in [6.07, 6.45) is -2.17. The van der Waals surface area contributed by atoms with E-state index in [-0.39, 0.29) is 5.28 Å². The molecule has 0 amide bonds. The Hall–Kier alpha value is -0.840. The monoisotopic (exact) mass is 181 g/mol. The van der Waals surface area contributed by atoms with E-state index in [0.29, 0.717) is 6.20 Å². The number of rotatable bonds is 0. The molecule has 0 fully saturated rings. The Morgan fingerprint density at radius 2 is 2.09 bits per heavy atom. The first-order valence-corrected chi connectivity index (χ1v) is 2.85. The van der Waals surface area contributed by atoms with Gasteiger partial charge in [0.1, 0.15) is 11.8 Å². The molecule has 0 aliphatic carbocycles. The van der Waals surface area contributed by atoms with E-state index >= 15 is 0 Å². The highest BCUT2D eigenvalue weighted by Gasteiger charge is 2.31. The maximum absolute atomic E-state index is 11.8. The minimum absolute atomic E-state index is 0.252. The van der Waals surface area contributed by atoms with Crippen molar-refractivity contribution in [3.05, 3.63) is 23.2 Å². The van der Waals surface area contributed by atoms with Gasteiger partial charge in [0.15, 0.2) is 0 Å². The Labute approximate surface area is 65.0 Å². The molecule has 0 unspecified atom stereocenters. The fraction of sp³-hybridized carbons (Fsp3) is 0.200. The van der Waals surface area contributed by atoms with Crippen LogP contribution in [0.5, 0.6) is 0 Å². The first kappa shape index (κ1) is 8.26. The lowest BCUT2D eigenvalue weighted by Crippen LogP contribution is -2.06. The zero-order chi connectivity index (χ0) is 8.48. The Morgan fingerprint density at radius 1 is 1.45 bits per heavy atom. The van der Waals surface area contributed by atoms with Crippen LogP contribution in [0, 0.1) is 6.20 Å². The molecule has 0 aliphatic heterocycles. The van der Waals surface area contributed by atoms with Crippen LogP contribution in [0.4, 0.5) is 13.2 Å². The number of hydrogen-bond donors (Lipinski definition) is 0. The third-order valence-corrected chi connectivity index (χ3v) is 1.06. The molecule has 0 saturated heterocycles. The molecule has 11 heavy (non-hydrogen) atoms. The van der Waals surface area contributed by atoms with Gasteiger partial charge in [-0.15, -0.1) is 0 Å². The van der Waals surface area contributed by atoms with Gasteiger partial charge in [0, 0.05) is 6.20 Å². The fourth-order valence-electron chi connectivity index (χ4n) is 0.418. The molecule has 0 aliphatic rings. The molecule has 1 radical (unpaired) electrons. The normalized spacial score (nSPS) is 11.6. The summed E-state index contributed by atoms with van der Waals surface area (Å²) in [5.74, 6) is 0. The molecule has 2 nitrogen and oxygen atoms in total. The van der Waals surface area contributed by atoms with Crippen molar-refractivity contribution in [1.82, 2.24) is 9.97 Å². The van der Waals surface area contributed by atoms with Crippen LogP contribution in [0.1, 0.15) is 5.56 Å². The van der Waals surface area contributed by atoms with Crippen LogP contribution in [-0.2, 0) is 6.18 Å². The smallest absolute Gasteiger partial charge is 0.226 e. The number of nitrogens with zero attached hydrogens (tertiary/aromatic N) is 2. The van der Waals surface area contributed by atoms with Gasteiger partial charge in [-0.3, -0.25) is 0 Å². The van der Waals surface area contributed by atoms with E-state index in [1.54, 1.807) is 6.20 Å². The van der Waals surface area contributed by atoms with Gasteiger partial charge in [0.05, 0.1) is 0 Å². The lowest BCUT2D eigenvalue weighted by molar-refractivity contribution is -0.138. The Balaban J connectivity index is 2.99. The Morgan fingerprint density at radius 3 is 2.45 bits per heavy atom. The van der Waals surface area contributed by atoms with Gasteiger partial charge in [-0.1, -0.05) is 0 Å². The van der Waals surface area contributed by atoms with Crippen molar-refractivity contribution in [2.24, 2.45) is 0 Å². The summed E-state index contributed by atoms with van der Waals surface area (Å²) in [4.78, 5) is 6.20. The van der Waals surface area contributed by atoms with E-state index in [0.717, 1.165) is 0 Å². The third-order valence-electron chi connectivity index (χ3n) is 0.874. The molecular weight excluding hydrogens is 181 g/mol. The second kappa shape index (κ2) is 2.65. The topological polar surface area (TPSA) is 25.8 Å². The number of aromatic nitrogens is 2. The van der Waals surface area contributed by atoms with Crippen LogP contribution in [0.15, 0.2) is 6.20 Å². The van der Waals surface area contributed by atoms with Crippen LogP contribution < -0.4 is 0 Å². The van der Waals surface area contributed by atoms with E-state index in [1.807, 2.05) is 0 Å². The largest absolute Gasteiger partial charge is 0.420 e. The van der Waals surface area contributed by atoms with Gasteiger partial charge in [-0.05, 0) is 11.6 Å². The number of halogens is 4. The van der Waals surface area contributed by atoms with E-state index < -0.39 is 11.7 Å². The molecule has 0 aromatic carbocycles. The molecule has 0 bridgehead atoms. The average Bonchev–Trinajstić information content (AvgIpc) is 1.86. The third kappa shape index (κ3) is 2.04. The summed E-state index contributed by atoms with van der Waals surface area (Å²) in [5, 5.41) is -0.252. The number of hydrogen-bond acceptors (Lipinski definition) is 2. The first-order valence-electron chi connectivity index (χ1n) is 2.47. The summed E-state index contributed by atoms with van der Waals surface area (Å²) in [7, 11) is 0. The van der Waals surface area contributed by atoms with E-state index in [4.69, 9.17) is 11.6 Å². The highest BCUT2D eigenvalue weighted by atomic mass is 35.5. The molecule has 0 atom stereocenters. The highest BCUT2D eigenvalue weighted by Crippen LogP contribution is 2.27. The van der Waals surface area contributed by atoms with Gasteiger partial charge < -0.3 is 0 Å². The van der Waals surface area contributed by atoms with Crippen molar-refractivity contribution in [1.29, 1.82) is 0 Å². The van der Waals surface area contributed by atoms with Crippen molar-refractivity contribution >= 4 is 11.6 Å². The van der Waals surface area contributed by atoms with Crippen LogP contribution in [0.2, 0.25) is 5.28 Å². The maximum Gasteiger partial charge on any atom is 0.420 e. The lowest BCUT2D eigenvalue weighted by Gasteiger charge is -2.02. The van der Waals surface area contributed by atoms with Crippen molar-refractivity contribution in [2.45, 2.75) is 6.18 Å². The minimum Gasteiger partial charge on any atom is -0.226 e. The molecular formula is C5HClF3N2. The van der Waals surface area contributed by atoms with Gasteiger partial charge >= 0.3 is 6.18 Å². The van der Waals surface area contributed by atoms with Crippen LogP contribution in [0.3, 0.4) is 0 Å². The summed E-state index contributed by atoms with van der Waals surface area (Å²) in [5.41, 5.74) is -1.03. The summed E-state index contributed by atoms with van der Waals surface area (Å²) in [6.45, 7) is 0. The van der Waals surface area contributed by atoms with Crippen LogP contribution >= 0.6 is 11.6 Å². The second-order valence-corrected chi connectivity index (χ2v) is 2.00. The van der Waals surface area contributed by atoms with E-state index in [9.17, 15) is 13.2 Å². The van der Waals surface area contributed by atoms with Gasteiger partial charge in [-0.2, -0.15) is 13.2 Å². The Kier molecular flexibility index (Phi) is 1.99. The van der Waals surface area contributed by atoms with Gasteiger partial charge in [0.2, 0.25) is 5.28 Å². The average molecular weight is 182 g/mol. The standard InChI is InChI=1S/C5HClF3N2/c6-4-10-1-3(2-11-4)5(7,8)9/h1H. The quantitative estimate of drug-likeness (QED) is 0.572. The predicted molar refractivity (Wildman–Crippen MR) is 30.9 cm³/mol. The predicted octanol–water partition coefficient (Wildman–Crippen LogP) is 1.95. The minimum atomic E-state index is -4.45. The van der Waals surface area contributed by atoms with Crippen LogP contribution in [0.25, 0.3) is 0 Å². The molecule has 1 aromatic rings. The van der Waals surface area contributed by atoms with Crippen molar-refractivity contribution < 1.29 is 13.2 Å². The van der Waals surface area contributed by atoms with E-state index in [1.165, 1.54) is 0 Å². The zero-order valence-corrected chi connectivity index (χ0v) is 5.74. The second-order valence-electron chi connectivity index (χ2n) is 1.66. The molecule has 0 saturated carbocycles. The fourth-order valence-corrected chi connectivity index (χ4v) is 0.510. The Bertz CT molecular complexity index is 243. The van der Waals surface area contributed by atoms with Gasteiger partial charge in [-0.25, -0.2) is 9.97 Å². The van der Waals surface area contributed by atoms with Gasteiger partial charge in [0.25, 0.3) is 0 Å². The van der Waals surface area contributed by atoms with E-state index in [2.05, 4.69) is 9.97 Å². The molecule has 59 valence electrons. The number of alkyl halides is 3. The van der Waals surface area contributed by atoms with Crippen molar-refractivity contribution in [2.75, 3.05) is 0 Å². The molecule has 0 spiro atoms. The molecule has 1 rings (SSSR count). The molecule has 1 heterocycles. The summed E-state index contributed by atoms with van der Waals surface area (Å²) in [6, 6.07) is 0. The SMILES string of the molecule is FC(F)(F)c1[c]nc(Cl)nc1. The van der Waals surface area contributed by atoms with Crippen molar-refractivity contribution in [3.63, 3.8) is 0 Å². The summed E-state index contributed by atoms with van der Waals surface area (Å²) < 4.78 is 35.3. The zero-order valence-electron chi connectivity index (χ0n) is 4.98. The molecule has 1 aromatic heterocycles. The highest BCUT2D eigenvalue weighted by molar-refractivity contribution is 6.28.